The minimum absolute atomic E-state index is 0.0598. The summed E-state index contributed by atoms with van der Waals surface area (Å²) in [4.78, 5) is 26.1. The van der Waals surface area contributed by atoms with Gasteiger partial charge in [-0.1, -0.05) is 62.4 Å². The van der Waals surface area contributed by atoms with Crippen LogP contribution in [0.25, 0.3) is 0 Å². The number of benzene rings is 2. The smallest absolute Gasteiger partial charge is 0.243 e. The van der Waals surface area contributed by atoms with E-state index in [1.807, 2.05) is 55.5 Å². The van der Waals surface area contributed by atoms with E-state index in [0.29, 0.717) is 22.4 Å². The van der Waals surface area contributed by atoms with E-state index in [9.17, 15) is 9.59 Å². The van der Waals surface area contributed by atoms with Crippen molar-refractivity contribution in [2.24, 2.45) is 0 Å². The van der Waals surface area contributed by atoms with E-state index in [-0.39, 0.29) is 36.1 Å². The standard InChI is InChI=1S/C25H32N6O3S/c1-17-6-10-19(11-7-17)27-22(32)14-30(5)23(33)16-35-24-29-28-21(31(24)26)15-34-20-12-8-18(9-13-20)25(2,3)4/h6-13H,14-16,26H2,1-5H3,(H,27,32). The van der Waals surface area contributed by atoms with Gasteiger partial charge in [-0.2, -0.15) is 0 Å². The van der Waals surface area contributed by atoms with Crippen LogP contribution in [0.15, 0.2) is 53.7 Å². The molecule has 1 heterocycles. The molecular formula is C25H32N6O3S. The van der Waals surface area contributed by atoms with Crippen LogP contribution >= 0.6 is 11.8 Å². The van der Waals surface area contributed by atoms with Crippen LogP contribution in [-0.2, 0) is 21.6 Å². The summed E-state index contributed by atoms with van der Waals surface area (Å²) in [5.41, 5.74) is 3.07. The number of aromatic nitrogens is 3. The number of ether oxygens (including phenoxy) is 1. The third-order valence-corrected chi connectivity index (χ3v) is 6.22. The van der Waals surface area contributed by atoms with Crippen molar-refractivity contribution in [2.45, 2.75) is 44.9 Å². The number of carbonyl (C=O) groups excluding carboxylic acids is 2. The number of nitrogens with zero attached hydrogens (tertiary/aromatic N) is 4. The Bertz CT molecular complexity index is 1150. The van der Waals surface area contributed by atoms with Crippen LogP contribution in [-0.4, -0.2) is 50.9 Å². The Hall–Kier alpha value is -3.53. The highest BCUT2D eigenvalue weighted by Crippen LogP contribution is 2.24. The molecule has 186 valence electrons. The van der Waals surface area contributed by atoms with Gasteiger partial charge in [-0.25, -0.2) is 4.68 Å². The van der Waals surface area contributed by atoms with Crippen molar-refractivity contribution in [3.05, 3.63) is 65.5 Å². The molecule has 1 aromatic heterocycles. The quantitative estimate of drug-likeness (QED) is 0.345. The van der Waals surface area contributed by atoms with Gasteiger partial charge < -0.3 is 20.8 Å². The maximum Gasteiger partial charge on any atom is 0.243 e. The van der Waals surface area contributed by atoms with Crippen molar-refractivity contribution in [1.29, 1.82) is 0 Å². The fraction of sp³-hybridized carbons (Fsp3) is 0.360. The Morgan fingerprint density at radius 1 is 1.09 bits per heavy atom. The molecule has 10 heteroatoms. The van der Waals surface area contributed by atoms with Crippen LogP contribution in [0.4, 0.5) is 5.69 Å². The zero-order chi connectivity index (χ0) is 25.6. The fourth-order valence-corrected chi connectivity index (χ4v) is 3.90. The minimum atomic E-state index is -0.272. The Kier molecular flexibility index (Phi) is 8.39. The van der Waals surface area contributed by atoms with E-state index in [4.69, 9.17) is 10.6 Å². The number of nitrogens with two attached hydrogens (primary N) is 1. The lowest BCUT2D eigenvalue weighted by Gasteiger charge is -2.19. The summed E-state index contributed by atoms with van der Waals surface area (Å²) in [6.45, 7) is 8.52. The Morgan fingerprint density at radius 3 is 2.37 bits per heavy atom. The number of aryl methyl sites for hydroxylation is 1. The highest BCUT2D eigenvalue weighted by molar-refractivity contribution is 7.99. The van der Waals surface area contributed by atoms with Gasteiger partial charge in [0.1, 0.15) is 12.4 Å². The highest BCUT2D eigenvalue weighted by atomic mass is 32.2. The molecule has 0 unspecified atom stereocenters. The summed E-state index contributed by atoms with van der Waals surface area (Å²) in [5, 5.41) is 11.3. The molecule has 0 fully saturated rings. The number of anilines is 1. The molecule has 0 saturated carbocycles. The summed E-state index contributed by atoms with van der Waals surface area (Å²) < 4.78 is 7.10. The number of carbonyl (C=O) groups is 2. The highest BCUT2D eigenvalue weighted by Gasteiger charge is 2.17. The van der Waals surface area contributed by atoms with Crippen molar-refractivity contribution in [3.8, 4) is 5.75 Å². The molecule has 2 amide bonds. The van der Waals surface area contributed by atoms with Gasteiger partial charge in [0.2, 0.25) is 17.0 Å². The number of likely N-dealkylation sites (N-methyl/N-ethyl adjacent to an activating group) is 1. The first kappa shape index (κ1) is 26.1. The zero-order valence-electron chi connectivity index (χ0n) is 20.7. The molecule has 0 saturated heterocycles. The maximum absolute atomic E-state index is 12.5. The molecular weight excluding hydrogens is 464 g/mol. The monoisotopic (exact) mass is 496 g/mol. The van der Waals surface area contributed by atoms with E-state index in [0.717, 1.165) is 17.3 Å². The molecule has 0 radical (unpaired) electrons. The van der Waals surface area contributed by atoms with Gasteiger partial charge in [0, 0.05) is 12.7 Å². The number of hydrogen-bond acceptors (Lipinski definition) is 7. The van der Waals surface area contributed by atoms with Gasteiger partial charge in [0.25, 0.3) is 0 Å². The van der Waals surface area contributed by atoms with Gasteiger partial charge in [0.05, 0.1) is 12.3 Å². The first-order chi connectivity index (χ1) is 16.5. The SMILES string of the molecule is Cc1ccc(NC(=O)CN(C)C(=O)CSc2nnc(COc3ccc(C(C)(C)C)cc3)n2N)cc1. The molecule has 3 rings (SSSR count). The van der Waals surface area contributed by atoms with Crippen molar-refractivity contribution in [2.75, 3.05) is 30.5 Å². The number of amides is 2. The second-order valence-electron chi connectivity index (χ2n) is 9.28. The Labute approximate surface area is 210 Å². The number of nitrogen functional groups attached to an aromatic ring is 1. The summed E-state index contributed by atoms with van der Waals surface area (Å²) >= 11 is 1.15. The van der Waals surface area contributed by atoms with Gasteiger partial charge in [-0.3, -0.25) is 9.59 Å². The first-order valence-electron chi connectivity index (χ1n) is 11.2. The molecule has 0 spiro atoms. The summed E-state index contributed by atoms with van der Waals surface area (Å²) in [7, 11) is 1.58. The molecule has 0 bridgehead atoms. The summed E-state index contributed by atoms with van der Waals surface area (Å²) in [6.07, 6.45) is 0. The lowest BCUT2D eigenvalue weighted by atomic mass is 9.87. The first-order valence-corrected chi connectivity index (χ1v) is 12.2. The van der Waals surface area contributed by atoms with Crippen LogP contribution in [0.5, 0.6) is 5.75 Å². The molecule has 0 atom stereocenters. The van der Waals surface area contributed by atoms with Crippen LogP contribution in [0.1, 0.15) is 37.7 Å². The summed E-state index contributed by atoms with van der Waals surface area (Å²) in [6, 6.07) is 15.4. The average molecular weight is 497 g/mol. The van der Waals surface area contributed by atoms with Crippen LogP contribution in [0.2, 0.25) is 0 Å². The van der Waals surface area contributed by atoms with E-state index in [1.165, 1.54) is 15.1 Å². The van der Waals surface area contributed by atoms with Crippen molar-refractivity contribution in [3.63, 3.8) is 0 Å². The molecule has 9 nitrogen and oxygen atoms in total. The molecule has 3 N–H and O–H groups in total. The third kappa shape index (κ3) is 7.48. The topological polar surface area (TPSA) is 115 Å². The van der Waals surface area contributed by atoms with Crippen LogP contribution in [0.3, 0.4) is 0 Å². The molecule has 0 aliphatic rings. The Morgan fingerprint density at radius 2 is 1.74 bits per heavy atom. The molecule has 0 aliphatic heterocycles. The second kappa shape index (κ2) is 11.3. The minimum Gasteiger partial charge on any atom is -0.486 e. The number of rotatable bonds is 9. The molecule has 3 aromatic rings. The van der Waals surface area contributed by atoms with Gasteiger partial charge in [-0.05, 0) is 42.2 Å². The van der Waals surface area contributed by atoms with Crippen molar-refractivity contribution in [1.82, 2.24) is 19.8 Å². The maximum atomic E-state index is 12.5. The van der Waals surface area contributed by atoms with E-state index in [1.54, 1.807) is 7.05 Å². The largest absolute Gasteiger partial charge is 0.486 e. The fourth-order valence-electron chi connectivity index (χ4n) is 3.08. The lowest BCUT2D eigenvalue weighted by Crippen LogP contribution is -2.36. The number of hydrogen-bond donors (Lipinski definition) is 2. The Balaban J connectivity index is 1.46. The van der Waals surface area contributed by atoms with E-state index < -0.39 is 0 Å². The van der Waals surface area contributed by atoms with Gasteiger partial charge >= 0.3 is 0 Å². The van der Waals surface area contributed by atoms with Crippen molar-refractivity contribution >= 4 is 29.3 Å². The van der Waals surface area contributed by atoms with Crippen LogP contribution < -0.4 is 15.9 Å². The predicted octanol–water partition coefficient (Wildman–Crippen LogP) is 3.37. The zero-order valence-corrected chi connectivity index (χ0v) is 21.6. The molecule has 35 heavy (non-hydrogen) atoms. The van der Waals surface area contributed by atoms with Crippen LogP contribution in [0, 0.1) is 6.92 Å². The summed E-state index contributed by atoms with van der Waals surface area (Å²) in [5.74, 6) is 6.80. The van der Waals surface area contributed by atoms with Crippen molar-refractivity contribution < 1.29 is 14.3 Å². The molecule has 0 aliphatic carbocycles. The predicted molar refractivity (Wildman–Crippen MR) is 138 cm³/mol. The lowest BCUT2D eigenvalue weighted by molar-refractivity contribution is -0.131. The normalized spacial score (nSPS) is 11.2. The number of nitrogens with one attached hydrogen (secondary N) is 1. The second-order valence-corrected chi connectivity index (χ2v) is 10.2. The van der Waals surface area contributed by atoms with E-state index >= 15 is 0 Å². The van der Waals surface area contributed by atoms with E-state index in [2.05, 4.69) is 36.3 Å². The van der Waals surface area contributed by atoms with Gasteiger partial charge in [0.15, 0.2) is 5.82 Å². The average Bonchev–Trinajstić information content (AvgIpc) is 3.16. The van der Waals surface area contributed by atoms with Gasteiger partial charge in [-0.15, -0.1) is 10.2 Å². The molecule has 2 aromatic carbocycles. The third-order valence-electron chi connectivity index (χ3n) is 5.29. The number of thioether (sulfide) groups is 1.